The fraction of sp³-hybridized carbons (Fsp3) is 0.438. The van der Waals surface area contributed by atoms with Crippen molar-refractivity contribution in [1.29, 1.82) is 5.26 Å². The van der Waals surface area contributed by atoms with E-state index in [1.807, 2.05) is 36.4 Å². The van der Waals surface area contributed by atoms with Crippen LogP contribution in [0.1, 0.15) is 26.3 Å². The van der Waals surface area contributed by atoms with E-state index in [2.05, 4.69) is 5.32 Å². The van der Waals surface area contributed by atoms with Crippen molar-refractivity contribution in [2.45, 2.75) is 32.7 Å². The molecule has 2 amide bonds. The Morgan fingerprint density at radius 3 is 2.43 bits per heavy atom. The molecule has 0 saturated carbocycles. The molecule has 0 fully saturated rings. The van der Waals surface area contributed by atoms with Crippen LogP contribution in [0.3, 0.4) is 0 Å². The molecule has 0 aromatic heterocycles. The predicted molar refractivity (Wildman–Crippen MR) is 80.2 cm³/mol. The summed E-state index contributed by atoms with van der Waals surface area (Å²) in [5.41, 5.74) is 0.181. The van der Waals surface area contributed by atoms with E-state index in [-0.39, 0.29) is 18.4 Å². The Labute approximate surface area is 125 Å². The van der Waals surface area contributed by atoms with Crippen molar-refractivity contribution < 1.29 is 9.59 Å². The van der Waals surface area contributed by atoms with Crippen LogP contribution in [0.2, 0.25) is 0 Å². The number of carbonyl (C=O) groups is 2. The molecule has 0 aliphatic carbocycles. The number of amides is 2. The molecule has 0 atom stereocenters. The Balaban J connectivity index is 2.57. The molecule has 5 heteroatoms. The standard InChI is InChI=1S/C16H21N3O2/c1-13(20)19(10-9-14-7-5-4-6-8-14)11-15(21)18-16(2,3)12-17/h4-8H,9-11H2,1-3H3,(H,18,21). The number of nitrogens with zero attached hydrogens (tertiary/aromatic N) is 2. The molecule has 1 N–H and O–H groups in total. The van der Waals surface area contributed by atoms with Gasteiger partial charge in [0.1, 0.15) is 5.54 Å². The molecule has 1 aromatic carbocycles. The van der Waals surface area contributed by atoms with Crippen LogP contribution in [0, 0.1) is 11.3 Å². The van der Waals surface area contributed by atoms with Crippen molar-refractivity contribution in [2.24, 2.45) is 0 Å². The van der Waals surface area contributed by atoms with Gasteiger partial charge in [0.05, 0.1) is 12.6 Å². The maximum Gasteiger partial charge on any atom is 0.240 e. The molecule has 0 saturated heterocycles. The van der Waals surface area contributed by atoms with Gasteiger partial charge in [0.25, 0.3) is 0 Å². The highest BCUT2D eigenvalue weighted by atomic mass is 16.2. The van der Waals surface area contributed by atoms with Gasteiger partial charge in [0.15, 0.2) is 0 Å². The van der Waals surface area contributed by atoms with Gasteiger partial charge in [-0.2, -0.15) is 5.26 Å². The molecule has 0 radical (unpaired) electrons. The van der Waals surface area contributed by atoms with Gasteiger partial charge in [-0.1, -0.05) is 30.3 Å². The molecule has 0 heterocycles. The van der Waals surface area contributed by atoms with Crippen molar-refractivity contribution in [3.63, 3.8) is 0 Å². The number of benzene rings is 1. The largest absolute Gasteiger partial charge is 0.337 e. The summed E-state index contributed by atoms with van der Waals surface area (Å²) in [7, 11) is 0. The third kappa shape index (κ3) is 6.09. The first-order chi connectivity index (χ1) is 9.84. The average molecular weight is 287 g/mol. The molecular formula is C16H21N3O2. The van der Waals surface area contributed by atoms with Crippen LogP contribution in [-0.2, 0) is 16.0 Å². The number of nitriles is 1. The molecule has 21 heavy (non-hydrogen) atoms. The third-order valence-corrected chi connectivity index (χ3v) is 3.02. The van der Waals surface area contributed by atoms with E-state index in [1.54, 1.807) is 13.8 Å². The third-order valence-electron chi connectivity index (χ3n) is 3.02. The van der Waals surface area contributed by atoms with Gasteiger partial charge in [-0.05, 0) is 25.8 Å². The quantitative estimate of drug-likeness (QED) is 0.861. The van der Waals surface area contributed by atoms with Crippen molar-refractivity contribution in [2.75, 3.05) is 13.1 Å². The van der Waals surface area contributed by atoms with E-state index in [0.717, 1.165) is 5.56 Å². The minimum absolute atomic E-state index is 0.0344. The van der Waals surface area contributed by atoms with Crippen molar-refractivity contribution in [1.82, 2.24) is 10.2 Å². The molecule has 0 aliphatic rings. The second kappa shape index (κ2) is 7.44. The van der Waals surface area contributed by atoms with Gasteiger partial charge in [-0.15, -0.1) is 0 Å². The maximum atomic E-state index is 11.9. The molecule has 1 aromatic rings. The van der Waals surface area contributed by atoms with Crippen molar-refractivity contribution in [3.05, 3.63) is 35.9 Å². The minimum atomic E-state index is -0.932. The van der Waals surface area contributed by atoms with Gasteiger partial charge in [-0.25, -0.2) is 0 Å². The maximum absolute atomic E-state index is 11.9. The second-order valence-corrected chi connectivity index (χ2v) is 5.46. The zero-order valence-corrected chi connectivity index (χ0v) is 12.7. The van der Waals surface area contributed by atoms with Gasteiger partial charge in [0.2, 0.25) is 11.8 Å². The molecule has 0 unspecified atom stereocenters. The fourth-order valence-corrected chi connectivity index (χ4v) is 1.85. The average Bonchev–Trinajstić information content (AvgIpc) is 2.43. The van der Waals surface area contributed by atoms with Crippen molar-refractivity contribution in [3.8, 4) is 6.07 Å². The summed E-state index contributed by atoms with van der Waals surface area (Å²) in [6.45, 7) is 5.11. The van der Waals surface area contributed by atoms with Gasteiger partial charge in [-0.3, -0.25) is 9.59 Å². The number of hydrogen-bond acceptors (Lipinski definition) is 3. The lowest BCUT2D eigenvalue weighted by molar-refractivity contribution is -0.134. The Morgan fingerprint density at radius 1 is 1.29 bits per heavy atom. The zero-order valence-electron chi connectivity index (χ0n) is 12.7. The summed E-state index contributed by atoms with van der Waals surface area (Å²) in [4.78, 5) is 25.0. The lowest BCUT2D eigenvalue weighted by atomic mass is 10.1. The number of carbonyl (C=O) groups excluding carboxylic acids is 2. The summed E-state index contributed by atoms with van der Waals surface area (Å²) in [6.07, 6.45) is 0.690. The molecule has 0 spiro atoms. The number of hydrogen-bond donors (Lipinski definition) is 1. The van der Waals surface area contributed by atoms with Crippen molar-refractivity contribution >= 4 is 11.8 Å². The predicted octanol–water partition coefficient (Wildman–Crippen LogP) is 1.50. The lowest BCUT2D eigenvalue weighted by Crippen LogP contribution is -2.48. The first kappa shape index (κ1) is 16.7. The van der Waals surface area contributed by atoms with Crippen LogP contribution in [-0.4, -0.2) is 35.3 Å². The van der Waals surface area contributed by atoms with E-state index in [1.165, 1.54) is 11.8 Å². The van der Waals surface area contributed by atoms with E-state index in [9.17, 15) is 9.59 Å². The van der Waals surface area contributed by atoms with E-state index in [4.69, 9.17) is 5.26 Å². The van der Waals surface area contributed by atoms with Crippen LogP contribution >= 0.6 is 0 Å². The zero-order chi connectivity index (χ0) is 15.9. The van der Waals surface area contributed by atoms with Crippen LogP contribution in [0.4, 0.5) is 0 Å². The number of nitrogens with one attached hydrogen (secondary N) is 1. The van der Waals surface area contributed by atoms with Crippen LogP contribution in [0.15, 0.2) is 30.3 Å². The highest BCUT2D eigenvalue weighted by Crippen LogP contribution is 2.03. The number of rotatable bonds is 6. The first-order valence-corrected chi connectivity index (χ1v) is 6.86. The Kier molecular flexibility index (Phi) is 5.92. The fourth-order valence-electron chi connectivity index (χ4n) is 1.85. The first-order valence-electron chi connectivity index (χ1n) is 6.86. The van der Waals surface area contributed by atoms with Crippen LogP contribution < -0.4 is 5.32 Å². The van der Waals surface area contributed by atoms with E-state index < -0.39 is 5.54 Å². The molecule has 0 aliphatic heterocycles. The Hall–Kier alpha value is -2.35. The summed E-state index contributed by atoms with van der Waals surface area (Å²) < 4.78 is 0. The van der Waals surface area contributed by atoms with Crippen LogP contribution in [0.25, 0.3) is 0 Å². The highest BCUT2D eigenvalue weighted by molar-refractivity contribution is 5.84. The topological polar surface area (TPSA) is 73.2 Å². The van der Waals surface area contributed by atoms with Gasteiger partial charge in [0, 0.05) is 13.5 Å². The summed E-state index contributed by atoms with van der Waals surface area (Å²) in [6, 6.07) is 11.8. The molecule has 0 bridgehead atoms. The minimum Gasteiger partial charge on any atom is -0.337 e. The summed E-state index contributed by atoms with van der Waals surface area (Å²) >= 11 is 0. The lowest BCUT2D eigenvalue weighted by Gasteiger charge is -2.23. The Morgan fingerprint density at radius 2 is 1.90 bits per heavy atom. The van der Waals surface area contributed by atoms with E-state index in [0.29, 0.717) is 13.0 Å². The highest BCUT2D eigenvalue weighted by Gasteiger charge is 2.21. The van der Waals surface area contributed by atoms with E-state index >= 15 is 0 Å². The Bertz CT molecular complexity index is 532. The SMILES string of the molecule is CC(=O)N(CCc1ccccc1)CC(=O)NC(C)(C)C#N. The smallest absolute Gasteiger partial charge is 0.240 e. The van der Waals surface area contributed by atoms with Gasteiger partial charge < -0.3 is 10.2 Å². The summed E-state index contributed by atoms with van der Waals surface area (Å²) in [5.74, 6) is -0.486. The van der Waals surface area contributed by atoms with Gasteiger partial charge >= 0.3 is 0 Å². The van der Waals surface area contributed by atoms with Crippen LogP contribution in [0.5, 0.6) is 0 Å². The summed E-state index contributed by atoms with van der Waals surface area (Å²) in [5, 5.41) is 11.5. The second-order valence-electron chi connectivity index (χ2n) is 5.46. The molecule has 112 valence electrons. The molecular weight excluding hydrogens is 266 g/mol. The molecule has 5 nitrogen and oxygen atoms in total. The monoisotopic (exact) mass is 287 g/mol. The molecule has 1 rings (SSSR count). The normalized spacial score (nSPS) is 10.6.